The summed E-state index contributed by atoms with van der Waals surface area (Å²) in [5.41, 5.74) is 0.739. The summed E-state index contributed by atoms with van der Waals surface area (Å²) in [5, 5.41) is 12.8. The molecule has 1 aromatic carbocycles. The van der Waals surface area contributed by atoms with Gasteiger partial charge in [-0.1, -0.05) is 5.10 Å². The molecule has 1 aliphatic heterocycles. The van der Waals surface area contributed by atoms with Gasteiger partial charge in [0.2, 0.25) is 10.0 Å². The highest BCUT2D eigenvalue weighted by atomic mass is 32.2. The summed E-state index contributed by atoms with van der Waals surface area (Å²) in [6, 6.07) is 5.43. The highest BCUT2D eigenvalue weighted by Gasteiger charge is 2.30. The molecule has 1 aliphatic rings. The molecule has 0 atom stereocenters. The molecule has 1 saturated heterocycles. The van der Waals surface area contributed by atoms with Gasteiger partial charge >= 0.3 is 12.1 Å². The lowest BCUT2D eigenvalue weighted by Gasteiger charge is -2.33. The van der Waals surface area contributed by atoms with Gasteiger partial charge in [-0.25, -0.2) is 18.2 Å². The van der Waals surface area contributed by atoms with Crippen molar-refractivity contribution in [1.29, 1.82) is 0 Å². The monoisotopic (exact) mass is 506 g/mol. The van der Waals surface area contributed by atoms with Crippen LogP contribution >= 0.6 is 11.3 Å². The molecule has 14 heteroatoms. The van der Waals surface area contributed by atoms with Crippen LogP contribution in [0.25, 0.3) is 11.6 Å². The molecule has 0 radical (unpaired) electrons. The van der Waals surface area contributed by atoms with Crippen LogP contribution in [0.4, 0.5) is 10.8 Å². The standard InChI is InChI=1S/C20H22N6O6S2/c1-3-31-20(28)25-8-10-26(11-9-25)34(29,30)15-6-4-14(5-7-15)17(27)22-19-24-23-18(32-19)16-12-33-13(2)21-16/h4-7,12H,3,8-11H2,1-2H3,(H,22,24,27). The van der Waals surface area contributed by atoms with Gasteiger partial charge in [0, 0.05) is 37.1 Å². The van der Waals surface area contributed by atoms with E-state index in [1.54, 1.807) is 12.3 Å². The van der Waals surface area contributed by atoms with Crippen molar-refractivity contribution in [2.24, 2.45) is 0 Å². The number of rotatable bonds is 6. The molecule has 0 saturated carbocycles. The Bertz CT molecular complexity index is 1280. The first-order chi connectivity index (χ1) is 16.3. The fourth-order valence-corrected chi connectivity index (χ4v) is 5.27. The second-order valence-electron chi connectivity index (χ2n) is 7.23. The number of carbonyl (C=O) groups is 2. The minimum Gasteiger partial charge on any atom is -0.450 e. The van der Waals surface area contributed by atoms with Crippen LogP contribution in [0.2, 0.25) is 0 Å². The lowest BCUT2D eigenvalue weighted by molar-refractivity contribution is 0.0933. The van der Waals surface area contributed by atoms with Gasteiger partial charge in [0.05, 0.1) is 16.5 Å². The fourth-order valence-electron chi connectivity index (χ4n) is 3.26. The van der Waals surface area contributed by atoms with Gasteiger partial charge in [-0.05, 0) is 38.1 Å². The first-order valence-corrected chi connectivity index (χ1v) is 12.7. The zero-order chi connectivity index (χ0) is 24.3. The maximum absolute atomic E-state index is 13.0. The Kier molecular flexibility index (Phi) is 6.90. The zero-order valence-corrected chi connectivity index (χ0v) is 20.1. The van der Waals surface area contributed by atoms with Gasteiger partial charge in [-0.3, -0.25) is 10.1 Å². The highest BCUT2D eigenvalue weighted by Crippen LogP contribution is 2.22. The molecule has 0 unspecified atom stereocenters. The van der Waals surface area contributed by atoms with Crippen LogP contribution in [0.1, 0.15) is 22.3 Å². The second kappa shape index (κ2) is 9.87. The maximum Gasteiger partial charge on any atom is 0.409 e. The van der Waals surface area contributed by atoms with Crippen molar-refractivity contribution in [3.63, 3.8) is 0 Å². The van der Waals surface area contributed by atoms with Gasteiger partial charge < -0.3 is 14.1 Å². The van der Waals surface area contributed by atoms with Crippen molar-refractivity contribution < 1.29 is 27.2 Å². The number of hydrogen-bond donors (Lipinski definition) is 1. The number of carbonyl (C=O) groups excluding carboxylic acids is 2. The molecule has 2 aromatic heterocycles. The summed E-state index contributed by atoms with van der Waals surface area (Å²) < 4.78 is 37.6. The van der Waals surface area contributed by atoms with Gasteiger partial charge in [0.1, 0.15) is 5.69 Å². The molecule has 1 fully saturated rings. The number of anilines is 1. The molecular formula is C20H22N6O6S2. The number of hydrogen-bond acceptors (Lipinski definition) is 10. The van der Waals surface area contributed by atoms with Crippen molar-refractivity contribution in [2.75, 3.05) is 38.1 Å². The van der Waals surface area contributed by atoms with Gasteiger partial charge in [0.15, 0.2) is 0 Å². The molecule has 0 bridgehead atoms. The summed E-state index contributed by atoms with van der Waals surface area (Å²) in [7, 11) is -3.77. The molecular weight excluding hydrogens is 484 g/mol. The molecule has 4 rings (SSSR count). The summed E-state index contributed by atoms with van der Waals surface area (Å²) >= 11 is 1.43. The largest absolute Gasteiger partial charge is 0.450 e. The summed E-state index contributed by atoms with van der Waals surface area (Å²) in [4.78, 5) is 30.1. The summed E-state index contributed by atoms with van der Waals surface area (Å²) in [6.45, 7) is 4.61. The van der Waals surface area contributed by atoms with E-state index in [4.69, 9.17) is 9.15 Å². The Morgan fingerprint density at radius 3 is 2.47 bits per heavy atom. The van der Waals surface area contributed by atoms with Crippen molar-refractivity contribution in [1.82, 2.24) is 24.4 Å². The predicted octanol–water partition coefficient (Wildman–Crippen LogP) is 2.22. The minimum atomic E-state index is -3.77. The first kappa shape index (κ1) is 23.8. The lowest BCUT2D eigenvalue weighted by Crippen LogP contribution is -2.50. The van der Waals surface area contributed by atoms with Gasteiger partial charge in [-0.2, -0.15) is 4.31 Å². The molecule has 180 valence electrons. The first-order valence-electron chi connectivity index (χ1n) is 10.4. The van der Waals surface area contributed by atoms with Crippen LogP contribution < -0.4 is 5.32 Å². The van der Waals surface area contributed by atoms with E-state index in [9.17, 15) is 18.0 Å². The van der Waals surface area contributed by atoms with Crippen molar-refractivity contribution in [2.45, 2.75) is 18.7 Å². The topological polar surface area (TPSA) is 148 Å². The predicted molar refractivity (Wildman–Crippen MR) is 122 cm³/mol. The highest BCUT2D eigenvalue weighted by molar-refractivity contribution is 7.89. The number of ether oxygens (including phenoxy) is 1. The number of piperazine rings is 1. The number of benzene rings is 1. The number of aromatic nitrogens is 3. The molecule has 0 spiro atoms. The SMILES string of the molecule is CCOC(=O)N1CCN(S(=O)(=O)c2ccc(C(=O)Nc3nnc(-c4csc(C)n4)o3)cc2)CC1. The van der Waals surface area contributed by atoms with E-state index in [2.05, 4.69) is 20.5 Å². The fraction of sp³-hybridized carbons (Fsp3) is 0.350. The van der Waals surface area contributed by atoms with Crippen LogP contribution in [0.3, 0.4) is 0 Å². The summed E-state index contributed by atoms with van der Waals surface area (Å²) in [6.07, 6.45) is -0.454. The number of amides is 2. The molecule has 2 amide bonds. The molecule has 1 N–H and O–H groups in total. The average Bonchev–Trinajstić information content (AvgIpc) is 3.48. The van der Waals surface area contributed by atoms with E-state index in [1.807, 2.05) is 6.92 Å². The van der Waals surface area contributed by atoms with Crippen LogP contribution in [-0.4, -0.2) is 77.6 Å². The third-order valence-corrected chi connectivity index (χ3v) is 7.69. The van der Waals surface area contributed by atoms with E-state index >= 15 is 0 Å². The van der Waals surface area contributed by atoms with Crippen molar-refractivity contribution in [3.05, 3.63) is 40.2 Å². The second-order valence-corrected chi connectivity index (χ2v) is 10.2. The minimum absolute atomic E-state index is 0.0487. The number of aryl methyl sites for hydroxylation is 1. The van der Waals surface area contributed by atoms with E-state index < -0.39 is 22.0 Å². The number of nitrogens with one attached hydrogen (secondary N) is 1. The Hall–Kier alpha value is -3.36. The maximum atomic E-state index is 13.0. The van der Waals surface area contributed by atoms with Crippen LogP contribution in [0, 0.1) is 6.92 Å². The van der Waals surface area contributed by atoms with E-state index in [0.717, 1.165) is 5.01 Å². The van der Waals surface area contributed by atoms with Gasteiger partial charge in [0.25, 0.3) is 11.8 Å². The Morgan fingerprint density at radius 1 is 1.15 bits per heavy atom. The molecule has 0 aliphatic carbocycles. The number of sulfonamides is 1. The Morgan fingerprint density at radius 2 is 1.85 bits per heavy atom. The number of thiazole rings is 1. The quantitative estimate of drug-likeness (QED) is 0.531. The third kappa shape index (κ3) is 5.08. The molecule has 3 heterocycles. The third-order valence-electron chi connectivity index (χ3n) is 5.00. The molecule has 34 heavy (non-hydrogen) atoms. The van der Waals surface area contributed by atoms with Crippen LogP contribution in [0.15, 0.2) is 39.0 Å². The van der Waals surface area contributed by atoms with Crippen molar-refractivity contribution in [3.8, 4) is 11.6 Å². The average molecular weight is 507 g/mol. The zero-order valence-electron chi connectivity index (χ0n) is 18.4. The lowest BCUT2D eigenvalue weighted by atomic mass is 10.2. The normalized spacial score (nSPS) is 14.7. The van der Waals surface area contributed by atoms with E-state index in [-0.39, 0.29) is 55.2 Å². The Balaban J connectivity index is 1.38. The summed E-state index contributed by atoms with van der Waals surface area (Å²) in [5.74, 6) is -0.346. The van der Waals surface area contributed by atoms with Crippen molar-refractivity contribution >= 4 is 39.4 Å². The van der Waals surface area contributed by atoms with Crippen LogP contribution in [-0.2, 0) is 14.8 Å². The van der Waals surface area contributed by atoms with E-state index in [0.29, 0.717) is 5.69 Å². The number of nitrogens with zero attached hydrogens (tertiary/aromatic N) is 5. The van der Waals surface area contributed by atoms with Gasteiger partial charge in [-0.15, -0.1) is 16.4 Å². The van der Waals surface area contributed by atoms with Crippen LogP contribution in [0.5, 0.6) is 0 Å². The molecule has 3 aromatic rings. The molecule has 12 nitrogen and oxygen atoms in total. The Labute approximate surface area is 199 Å². The van der Waals surface area contributed by atoms with E-state index in [1.165, 1.54) is 44.8 Å². The smallest absolute Gasteiger partial charge is 0.409 e.